The molecule has 10 heavy (non-hydrogen) atoms. The van der Waals surface area contributed by atoms with Crippen molar-refractivity contribution in [3.63, 3.8) is 0 Å². The van der Waals surface area contributed by atoms with Crippen LogP contribution < -0.4 is 56.9 Å². The Kier molecular flexibility index (Phi) is 10.5. The molecule has 0 aromatic heterocycles. The number of carbonyl (C=O) groups excluding carboxylic acids is 1. The van der Waals surface area contributed by atoms with Crippen molar-refractivity contribution in [3.8, 4) is 0 Å². The van der Waals surface area contributed by atoms with Gasteiger partial charge in [0.15, 0.2) is 0 Å². The third kappa shape index (κ3) is 8.76. The molecule has 0 aromatic carbocycles. The Hall–Kier alpha value is 0.756. The number of nitrogens with one attached hydrogen (secondary N) is 1. The maximum absolute atomic E-state index is 10.1. The van der Waals surface area contributed by atoms with Gasteiger partial charge in [0, 0.05) is 0 Å². The van der Waals surface area contributed by atoms with E-state index < -0.39 is 16.9 Å². The van der Waals surface area contributed by atoms with Crippen LogP contribution in [-0.4, -0.2) is 5.91 Å². The molecule has 0 rings (SSSR count). The van der Waals surface area contributed by atoms with E-state index in [1.54, 1.807) is 5.48 Å². The molecule has 5 nitrogen and oxygen atoms in total. The van der Waals surface area contributed by atoms with Crippen LogP contribution in [0.25, 0.3) is 0 Å². The first-order chi connectivity index (χ1) is 4.16. The summed E-state index contributed by atoms with van der Waals surface area (Å²) in [4.78, 5) is 10.1. The van der Waals surface area contributed by atoms with Crippen LogP contribution in [0.1, 0.15) is 0 Å². The molecule has 0 radical (unpaired) electrons. The third-order valence-electron chi connectivity index (χ3n) is 0.396. The molecule has 0 aromatic rings. The molecule has 0 saturated carbocycles. The molecule has 0 fully saturated rings. The van der Waals surface area contributed by atoms with Crippen LogP contribution in [-0.2, 0) is 28.5 Å². The molecule has 0 aliphatic rings. The van der Waals surface area contributed by atoms with E-state index in [2.05, 4.69) is 10.9 Å². The second kappa shape index (κ2) is 7.86. The maximum Gasteiger partial charge on any atom is 1.00 e. The van der Waals surface area contributed by atoms with Gasteiger partial charge in [-0.05, 0) is 6.08 Å². The molecule has 52 valence electrons. The molecular formula is C3H4KNO4S. The second-order valence-corrected chi connectivity index (χ2v) is 1.53. The van der Waals surface area contributed by atoms with Crippen LogP contribution in [0.5, 0.6) is 0 Å². The standard InChI is InChI=1S/C3H4NO4S.K/c1-2-3(5)4-8-9(6)7;/h2H,1H2,(H,4,5);/q-1;+1. The normalized spacial score (nSPS) is 8.10. The minimum absolute atomic E-state index is 0. The molecule has 7 heteroatoms. The predicted octanol–water partition coefficient (Wildman–Crippen LogP) is -3.55. The number of hydrogen-bond acceptors (Lipinski definition) is 5. The fourth-order valence-corrected chi connectivity index (χ4v) is 0.267. The Morgan fingerprint density at radius 1 is 1.60 bits per heavy atom. The van der Waals surface area contributed by atoms with Gasteiger partial charge in [0.1, 0.15) is 0 Å². The Morgan fingerprint density at radius 2 is 2.10 bits per heavy atom. The average molecular weight is 189 g/mol. The molecule has 0 bridgehead atoms. The van der Waals surface area contributed by atoms with Crippen LogP contribution in [0.4, 0.5) is 0 Å². The SMILES string of the molecule is C=CC(=O)NO[S-](=O)=O.[K+]. The van der Waals surface area contributed by atoms with E-state index in [9.17, 15) is 13.2 Å². The number of hydrogen-bond donors (Lipinski definition) is 1. The molecule has 0 aliphatic heterocycles. The van der Waals surface area contributed by atoms with E-state index in [-0.39, 0.29) is 51.4 Å². The summed E-state index contributed by atoms with van der Waals surface area (Å²) < 4.78 is 22.7. The van der Waals surface area contributed by atoms with E-state index >= 15 is 0 Å². The first-order valence-corrected chi connectivity index (χ1v) is 2.86. The predicted molar refractivity (Wildman–Crippen MR) is 28.2 cm³/mol. The van der Waals surface area contributed by atoms with Crippen molar-refractivity contribution in [3.05, 3.63) is 12.7 Å². The molecule has 0 atom stereocenters. The Morgan fingerprint density at radius 3 is 2.40 bits per heavy atom. The van der Waals surface area contributed by atoms with Crippen LogP contribution in [0.3, 0.4) is 0 Å². The quantitative estimate of drug-likeness (QED) is 0.216. The molecule has 1 N–H and O–H groups in total. The molecule has 0 saturated heterocycles. The number of carbonyl (C=O) groups is 1. The van der Waals surface area contributed by atoms with Crippen molar-refractivity contribution in [2.75, 3.05) is 0 Å². The molecular weight excluding hydrogens is 185 g/mol. The molecule has 0 unspecified atom stereocenters. The van der Waals surface area contributed by atoms with Crippen molar-refractivity contribution in [1.82, 2.24) is 5.48 Å². The van der Waals surface area contributed by atoms with Crippen molar-refractivity contribution in [2.45, 2.75) is 0 Å². The summed E-state index contributed by atoms with van der Waals surface area (Å²) in [7, 11) is -2.72. The summed E-state index contributed by atoms with van der Waals surface area (Å²) in [5, 5.41) is 0. The van der Waals surface area contributed by atoms with Crippen LogP contribution in [0.2, 0.25) is 0 Å². The van der Waals surface area contributed by atoms with E-state index in [4.69, 9.17) is 0 Å². The van der Waals surface area contributed by atoms with Gasteiger partial charge in [-0.1, -0.05) is 6.58 Å². The Balaban J connectivity index is 0. The van der Waals surface area contributed by atoms with E-state index in [1.165, 1.54) is 0 Å². The van der Waals surface area contributed by atoms with Gasteiger partial charge in [0.2, 0.25) is 0 Å². The first kappa shape index (κ1) is 13.4. The minimum atomic E-state index is -2.72. The summed E-state index contributed by atoms with van der Waals surface area (Å²) >= 11 is 0. The van der Waals surface area contributed by atoms with E-state index in [0.29, 0.717) is 0 Å². The summed E-state index contributed by atoms with van der Waals surface area (Å²) in [5.74, 6) is -0.709. The van der Waals surface area contributed by atoms with Gasteiger partial charge in [0.25, 0.3) is 5.91 Å². The Labute approximate surface area is 102 Å². The van der Waals surface area contributed by atoms with Crippen LogP contribution in [0, 0.1) is 0 Å². The maximum atomic E-state index is 10.1. The van der Waals surface area contributed by atoms with Gasteiger partial charge in [-0.25, -0.2) is 5.48 Å². The second-order valence-electron chi connectivity index (χ2n) is 0.958. The fraction of sp³-hybridized carbons (Fsp3) is 0. The summed E-state index contributed by atoms with van der Waals surface area (Å²) in [6, 6.07) is 0. The zero-order valence-corrected chi connectivity index (χ0v) is 9.27. The van der Waals surface area contributed by atoms with Crippen molar-refractivity contribution >= 4 is 16.9 Å². The topological polar surface area (TPSA) is 72.5 Å². The monoisotopic (exact) mass is 189 g/mol. The van der Waals surface area contributed by atoms with Gasteiger partial charge in [-0.2, -0.15) is 0 Å². The largest absolute Gasteiger partial charge is 1.00 e. The molecule has 1 amide bonds. The van der Waals surface area contributed by atoms with Crippen LogP contribution >= 0.6 is 0 Å². The van der Waals surface area contributed by atoms with Gasteiger partial charge >= 0.3 is 51.4 Å². The van der Waals surface area contributed by atoms with Gasteiger partial charge < -0.3 is 12.7 Å². The van der Waals surface area contributed by atoms with Crippen molar-refractivity contribution in [2.24, 2.45) is 0 Å². The minimum Gasteiger partial charge on any atom is -0.395 e. The molecule has 0 aliphatic carbocycles. The summed E-state index contributed by atoms with van der Waals surface area (Å²) in [5.41, 5.74) is 1.56. The van der Waals surface area contributed by atoms with Crippen molar-refractivity contribution < 1.29 is 68.9 Å². The average Bonchev–Trinajstić information content (AvgIpc) is 1.83. The first-order valence-electron chi connectivity index (χ1n) is 1.86. The van der Waals surface area contributed by atoms with Crippen molar-refractivity contribution in [1.29, 1.82) is 0 Å². The number of hydroxylamine groups is 1. The third-order valence-corrected chi connectivity index (χ3v) is 0.615. The van der Waals surface area contributed by atoms with Gasteiger partial charge in [-0.15, -0.1) is 0 Å². The van der Waals surface area contributed by atoms with Gasteiger partial charge in [0.05, 0.1) is 11.0 Å². The molecule has 0 heterocycles. The van der Waals surface area contributed by atoms with E-state index in [0.717, 1.165) is 6.08 Å². The summed E-state index contributed by atoms with van der Waals surface area (Å²) in [6.45, 7) is 3.05. The number of amides is 1. The fourth-order valence-electron chi connectivity index (χ4n) is 0.117. The molecule has 0 spiro atoms. The summed E-state index contributed by atoms with van der Waals surface area (Å²) in [6.07, 6.45) is 0.882. The van der Waals surface area contributed by atoms with Crippen LogP contribution in [0.15, 0.2) is 12.7 Å². The number of rotatable bonds is 3. The zero-order valence-electron chi connectivity index (χ0n) is 5.33. The van der Waals surface area contributed by atoms with E-state index in [1.807, 2.05) is 0 Å². The van der Waals surface area contributed by atoms with Gasteiger partial charge in [-0.3, -0.25) is 4.79 Å². The Bertz CT molecular complexity index is 181. The smallest absolute Gasteiger partial charge is 0.395 e. The zero-order chi connectivity index (χ0) is 7.28.